The van der Waals surface area contributed by atoms with Crippen LogP contribution < -0.4 is 4.90 Å². The second-order valence-corrected chi connectivity index (χ2v) is 4.12. The highest BCUT2D eigenvalue weighted by Gasteiger charge is 2.16. The van der Waals surface area contributed by atoms with E-state index in [1.807, 2.05) is 0 Å². The normalized spacial score (nSPS) is 10.3. The summed E-state index contributed by atoms with van der Waals surface area (Å²) in [5.74, 6) is -1.20. The molecular formula is C14H12F2N2O2. The number of benzene rings is 2. The predicted molar refractivity (Wildman–Crippen MR) is 72.1 cm³/mol. The van der Waals surface area contributed by atoms with E-state index in [1.54, 1.807) is 19.1 Å². The Morgan fingerprint density at radius 1 is 1.20 bits per heavy atom. The Labute approximate surface area is 114 Å². The molecular weight excluding hydrogens is 266 g/mol. The summed E-state index contributed by atoms with van der Waals surface area (Å²) >= 11 is 0. The Morgan fingerprint density at radius 3 is 2.50 bits per heavy atom. The monoisotopic (exact) mass is 278 g/mol. The van der Waals surface area contributed by atoms with Crippen LogP contribution in [0.4, 0.5) is 25.8 Å². The molecule has 0 spiro atoms. The first kappa shape index (κ1) is 13.9. The summed E-state index contributed by atoms with van der Waals surface area (Å²) in [5, 5.41) is 10.8. The number of rotatable bonds is 4. The Balaban J connectivity index is 2.52. The van der Waals surface area contributed by atoms with Gasteiger partial charge in [0.25, 0.3) is 5.69 Å². The first-order valence-electron chi connectivity index (χ1n) is 6.00. The molecule has 0 atom stereocenters. The molecule has 6 heteroatoms. The summed E-state index contributed by atoms with van der Waals surface area (Å²) in [7, 11) is 0. The van der Waals surface area contributed by atoms with E-state index >= 15 is 0 Å². The molecule has 0 heterocycles. The van der Waals surface area contributed by atoms with Crippen molar-refractivity contribution in [1.82, 2.24) is 0 Å². The zero-order valence-electron chi connectivity index (χ0n) is 10.7. The lowest BCUT2D eigenvalue weighted by Gasteiger charge is -2.23. The van der Waals surface area contributed by atoms with E-state index in [9.17, 15) is 18.9 Å². The van der Waals surface area contributed by atoms with Crippen molar-refractivity contribution in [2.45, 2.75) is 6.92 Å². The molecule has 2 aromatic rings. The van der Waals surface area contributed by atoms with Gasteiger partial charge in [-0.25, -0.2) is 8.78 Å². The van der Waals surface area contributed by atoms with Crippen LogP contribution in [0.5, 0.6) is 0 Å². The Hall–Kier alpha value is -2.50. The molecule has 20 heavy (non-hydrogen) atoms. The van der Waals surface area contributed by atoms with Gasteiger partial charge >= 0.3 is 0 Å². The molecule has 0 saturated carbocycles. The quantitative estimate of drug-likeness (QED) is 0.626. The second-order valence-electron chi connectivity index (χ2n) is 4.12. The van der Waals surface area contributed by atoms with Gasteiger partial charge < -0.3 is 4.90 Å². The predicted octanol–water partition coefficient (Wildman–Crippen LogP) is 4.03. The minimum absolute atomic E-state index is 0.240. The van der Waals surface area contributed by atoms with Gasteiger partial charge in [0.1, 0.15) is 11.6 Å². The molecule has 0 unspecified atom stereocenters. The summed E-state index contributed by atoms with van der Waals surface area (Å²) in [6.07, 6.45) is 0. The highest BCUT2D eigenvalue weighted by molar-refractivity contribution is 5.66. The van der Waals surface area contributed by atoms with Crippen molar-refractivity contribution in [3.05, 3.63) is 64.2 Å². The van der Waals surface area contributed by atoms with Crippen molar-refractivity contribution in [2.75, 3.05) is 11.4 Å². The smallest absolute Gasteiger partial charge is 0.274 e. The highest BCUT2D eigenvalue weighted by Crippen LogP contribution is 2.30. The fourth-order valence-corrected chi connectivity index (χ4v) is 1.98. The van der Waals surface area contributed by atoms with Crippen molar-refractivity contribution < 1.29 is 13.7 Å². The first-order chi connectivity index (χ1) is 9.52. The maximum Gasteiger partial charge on any atom is 0.274 e. The van der Waals surface area contributed by atoms with Crippen LogP contribution >= 0.6 is 0 Å². The molecule has 0 amide bonds. The van der Waals surface area contributed by atoms with E-state index in [0.29, 0.717) is 6.54 Å². The largest absolute Gasteiger partial charge is 0.339 e. The van der Waals surface area contributed by atoms with Crippen LogP contribution in [0.3, 0.4) is 0 Å². The number of non-ortho nitro benzene ring substituents is 1. The van der Waals surface area contributed by atoms with E-state index in [-0.39, 0.29) is 17.1 Å². The van der Waals surface area contributed by atoms with E-state index < -0.39 is 16.6 Å². The average molecular weight is 278 g/mol. The summed E-state index contributed by atoms with van der Waals surface area (Å²) in [5.41, 5.74) is 0.119. The summed E-state index contributed by atoms with van der Waals surface area (Å²) in [4.78, 5) is 11.6. The number of nitrogens with zero attached hydrogens (tertiary/aromatic N) is 2. The molecule has 0 saturated heterocycles. The van der Waals surface area contributed by atoms with Gasteiger partial charge in [-0.3, -0.25) is 10.1 Å². The van der Waals surface area contributed by atoms with Crippen molar-refractivity contribution in [1.29, 1.82) is 0 Å². The number of hydrogen-bond donors (Lipinski definition) is 0. The third kappa shape index (κ3) is 2.74. The molecule has 2 rings (SSSR count). The Bertz CT molecular complexity index is 647. The molecule has 0 aliphatic heterocycles. The minimum Gasteiger partial charge on any atom is -0.339 e. The van der Waals surface area contributed by atoms with Crippen molar-refractivity contribution in [3.8, 4) is 0 Å². The topological polar surface area (TPSA) is 46.4 Å². The maximum absolute atomic E-state index is 13.8. The fourth-order valence-electron chi connectivity index (χ4n) is 1.98. The zero-order valence-corrected chi connectivity index (χ0v) is 10.7. The van der Waals surface area contributed by atoms with E-state index in [2.05, 4.69) is 0 Å². The van der Waals surface area contributed by atoms with Crippen LogP contribution in [-0.4, -0.2) is 11.5 Å². The Kier molecular flexibility index (Phi) is 3.93. The number of nitro groups is 1. The van der Waals surface area contributed by atoms with Gasteiger partial charge in [-0.05, 0) is 25.1 Å². The number of halogens is 2. The van der Waals surface area contributed by atoms with Crippen molar-refractivity contribution in [2.24, 2.45) is 0 Å². The zero-order chi connectivity index (χ0) is 14.7. The Morgan fingerprint density at radius 2 is 1.90 bits per heavy atom. The third-order valence-electron chi connectivity index (χ3n) is 2.85. The standard InChI is InChI=1S/C14H12F2N2O2/c1-2-17(14-6-4-3-5-13(14)16)11-7-10(15)8-12(9-11)18(19)20/h3-9H,2H2,1H3. The molecule has 2 aromatic carbocycles. The SMILES string of the molecule is CCN(c1cc(F)cc([N+](=O)[O-])c1)c1ccccc1F. The molecule has 0 radical (unpaired) electrons. The van der Waals surface area contributed by atoms with E-state index in [0.717, 1.165) is 12.1 Å². The van der Waals surface area contributed by atoms with E-state index in [4.69, 9.17) is 0 Å². The van der Waals surface area contributed by atoms with Gasteiger partial charge in [0.15, 0.2) is 0 Å². The lowest BCUT2D eigenvalue weighted by molar-refractivity contribution is -0.385. The van der Waals surface area contributed by atoms with Crippen LogP contribution in [0.1, 0.15) is 6.92 Å². The first-order valence-corrected chi connectivity index (χ1v) is 6.00. The lowest BCUT2D eigenvalue weighted by Crippen LogP contribution is -2.17. The second kappa shape index (κ2) is 5.64. The van der Waals surface area contributed by atoms with E-state index in [1.165, 1.54) is 23.1 Å². The summed E-state index contributed by atoms with van der Waals surface area (Å²) in [6.45, 7) is 2.10. The third-order valence-corrected chi connectivity index (χ3v) is 2.85. The molecule has 0 aromatic heterocycles. The van der Waals surface area contributed by atoms with Crippen LogP contribution in [0, 0.1) is 21.7 Å². The average Bonchev–Trinajstić information content (AvgIpc) is 2.41. The number of anilines is 2. The lowest BCUT2D eigenvalue weighted by atomic mass is 10.2. The number of hydrogen-bond acceptors (Lipinski definition) is 3. The van der Waals surface area contributed by atoms with Crippen LogP contribution in [0.15, 0.2) is 42.5 Å². The molecule has 104 valence electrons. The van der Waals surface area contributed by atoms with Crippen LogP contribution in [0.25, 0.3) is 0 Å². The molecule has 0 N–H and O–H groups in total. The van der Waals surface area contributed by atoms with Gasteiger partial charge in [0.2, 0.25) is 0 Å². The van der Waals surface area contributed by atoms with Crippen LogP contribution in [-0.2, 0) is 0 Å². The molecule has 0 fully saturated rings. The molecule has 4 nitrogen and oxygen atoms in total. The summed E-state index contributed by atoms with van der Waals surface area (Å²) < 4.78 is 27.3. The number of nitro benzene ring substituents is 1. The fraction of sp³-hybridized carbons (Fsp3) is 0.143. The van der Waals surface area contributed by atoms with Gasteiger partial charge in [-0.1, -0.05) is 12.1 Å². The highest BCUT2D eigenvalue weighted by atomic mass is 19.1. The van der Waals surface area contributed by atoms with Gasteiger partial charge in [-0.2, -0.15) is 0 Å². The summed E-state index contributed by atoms with van der Waals surface area (Å²) in [6, 6.07) is 9.21. The van der Waals surface area contributed by atoms with Gasteiger partial charge in [-0.15, -0.1) is 0 Å². The molecule has 0 aliphatic carbocycles. The van der Waals surface area contributed by atoms with Crippen molar-refractivity contribution >= 4 is 17.1 Å². The molecule has 0 bridgehead atoms. The maximum atomic E-state index is 13.8. The van der Waals surface area contributed by atoms with Crippen molar-refractivity contribution in [3.63, 3.8) is 0 Å². The molecule has 0 aliphatic rings. The van der Waals surface area contributed by atoms with Crippen LogP contribution in [0.2, 0.25) is 0 Å². The minimum atomic E-state index is -0.732. The van der Waals surface area contributed by atoms with Gasteiger partial charge in [0, 0.05) is 12.6 Å². The van der Waals surface area contributed by atoms with Gasteiger partial charge in [0.05, 0.1) is 22.4 Å². The number of para-hydroxylation sites is 1.